The minimum Gasteiger partial charge on any atom is -0.383 e. The zero-order valence-electron chi connectivity index (χ0n) is 14.3. The van der Waals surface area contributed by atoms with Gasteiger partial charge in [0, 0.05) is 39.3 Å². The van der Waals surface area contributed by atoms with Crippen LogP contribution in [0.1, 0.15) is 27.2 Å². The summed E-state index contributed by atoms with van der Waals surface area (Å²) >= 11 is 0. The van der Waals surface area contributed by atoms with E-state index in [2.05, 4.69) is 36.3 Å². The number of amides is 1. The quantitative estimate of drug-likeness (QED) is 0.647. The van der Waals surface area contributed by atoms with Crippen molar-refractivity contribution in [1.82, 2.24) is 15.5 Å². The highest BCUT2D eigenvalue weighted by molar-refractivity contribution is 5.85. The van der Waals surface area contributed by atoms with Crippen molar-refractivity contribution < 1.29 is 9.53 Å². The average Bonchev–Trinajstić information content (AvgIpc) is 2.33. The van der Waals surface area contributed by atoms with Crippen LogP contribution in [0.3, 0.4) is 0 Å². The lowest BCUT2D eigenvalue weighted by molar-refractivity contribution is -0.121. The van der Waals surface area contributed by atoms with Crippen LogP contribution in [0, 0.1) is 11.8 Å². The SMILES string of the molecule is COCCNCC(=O)NC(C)CN1CC(C)CC(C)C1.Cl.Cl. The van der Waals surface area contributed by atoms with E-state index < -0.39 is 0 Å². The van der Waals surface area contributed by atoms with Crippen LogP contribution >= 0.6 is 24.8 Å². The van der Waals surface area contributed by atoms with Gasteiger partial charge < -0.3 is 20.3 Å². The Bertz CT molecular complexity index is 286. The first-order valence-corrected chi connectivity index (χ1v) is 7.72. The van der Waals surface area contributed by atoms with Gasteiger partial charge in [0.2, 0.25) is 5.91 Å². The van der Waals surface area contributed by atoms with Crippen molar-refractivity contribution in [3.05, 3.63) is 0 Å². The Balaban J connectivity index is 0. The molecular weight excluding hydrogens is 325 g/mol. The number of hydrogen-bond donors (Lipinski definition) is 2. The van der Waals surface area contributed by atoms with E-state index in [4.69, 9.17) is 4.74 Å². The molecule has 3 atom stereocenters. The van der Waals surface area contributed by atoms with Gasteiger partial charge in [0.15, 0.2) is 0 Å². The van der Waals surface area contributed by atoms with Crippen LogP contribution in [0.25, 0.3) is 0 Å². The highest BCUT2D eigenvalue weighted by Gasteiger charge is 2.23. The molecule has 0 aromatic heterocycles. The molecule has 0 aromatic rings. The van der Waals surface area contributed by atoms with E-state index >= 15 is 0 Å². The standard InChI is InChI=1S/C15H31N3O2.2ClH/c1-12-7-13(2)10-18(9-12)11-14(3)17-15(19)8-16-5-6-20-4;;/h12-14,16H,5-11H2,1-4H3,(H,17,19);2*1H. The van der Waals surface area contributed by atoms with Gasteiger partial charge in [-0.15, -0.1) is 24.8 Å². The third-order valence-electron chi connectivity index (χ3n) is 3.65. The van der Waals surface area contributed by atoms with Gasteiger partial charge in [0.25, 0.3) is 0 Å². The van der Waals surface area contributed by atoms with Gasteiger partial charge >= 0.3 is 0 Å². The molecule has 3 unspecified atom stereocenters. The van der Waals surface area contributed by atoms with Crippen molar-refractivity contribution in [3.63, 3.8) is 0 Å². The van der Waals surface area contributed by atoms with Crippen LogP contribution in [0.4, 0.5) is 0 Å². The molecule has 1 aliphatic rings. The normalized spacial score (nSPS) is 23.1. The Labute approximate surface area is 147 Å². The van der Waals surface area contributed by atoms with E-state index in [1.807, 2.05) is 0 Å². The smallest absolute Gasteiger partial charge is 0.234 e. The topological polar surface area (TPSA) is 53.6 Å². The van der Waals surface area contributed by atoms with Crippen molar-refractivity contribution >= 4 is 30.7 Å². The zero-order chi connectivity index (χ0) is 15.0. The van der Waals surface area contributed by atoms with E-state index in [0.717, 1.165) is 31.5 Å². The predicted octanol–water partition coefficient (Wildman–Crippen LogP) is 1.55. The average molecular weight is 358 g/mol. The van der Waals surface area contributed by atoms with Crippen LogP contribution in [-0.2, 0) is 9.53 Å². The fourth-order valence-corrected chi connectivity index (χ4v) is 3.08. The molecule has 0 radical (unpaired) electrons. The third-order valence-corrected chi connectivity index (χ3v) is 3.65. The second kappa shape index (κ2) is 13.4. The van der Waals surface area contributed by atoms with Gasteiger partial charge in [-0.05, 0) is 25.2 Å². The first-order valence-electron chi connectivity index (χ1n) is 7.72. The predicted molar refractivity (Wildman–Crippen MR) is 96.2 cm³/mol. The van der Waals surface area contributed by atoms with Crippen molar-refractivity contribution in [2.24, 2.45) is 11.8 Å². The number of carbonyl (C=O) groups excluding carboxylic acids is 1. The molecule has 1 rings (SSSR count). The second-order valence-electron chi connectivity index (χ2n) is 6.30. The van der Waals surface area contributed by atoms with E-state index in [1.165, 1.54) is 6.42 Å². The summed E-state index contributed by atoms with van der Waals surface area (Å²) in [6, 6.07) is 0.198. The molecule has 0 spiro atoms. The van der Waals surface area contributed by atoms with Crippen molar-refractivity contribution in [1.29, 1.82) is 0 Å². The Kier molecular flexibility index (Phi) is 14.7. The molecule has 0 aliphatic carbocycles. The summed E-state index contributed by atoms with van der Waals surface area (Å²) in [7, 11) is 1.66. The third kappa shape index (κ3) is 10.6. The number of hydrogen-bond acceptors (Lipinski definition) is 4. The first-order chi connectivity index (χ1) is 9.51. The molecule has 134 valence electrons. The second-order valence-corrected chi connectivity index (χ2v) is 6.30. The molecule has 0 saturated carbocycles. The number of carbonyl (C=O) groups is 1. The largest absolute Gasteiger partial charge is 0.383 e. The molecule has 0 bridgehead atoms. The Hall–Kier alpha value is -0.0700. The minimum absolute atomic E-state index is 0. The molecule has 0 aromatic carbocycles. The van der Waals surface area contributed by atoms with Crippen molar-refractivity contribution in [2.75, 3.05) is 46.4 Å². The Morgan fingerprint density at radius 1 is 1.27 bits per heavy atom. The van der Waals surface area contributed by atoms with Crippen LogP contribution in [0.2, 0.25) is 0 Å². The maximum Gasteiger partial charge on any atom is 0.234 e. The molecular formula is C15H33Cl2N3O2. The van der Waals surface area contributed by atoms with E-state index in [9.17, 15) is 4.79 Å². The van der Waals surface area contributed by atoms with Crippen LogP contribution in [0.15, 0.2) is 0 Å². The van der Waals surface area contributed by atoms with Gasteiger partial charge in [-0.3, -0.25) is 4.79 Å². The molecule has 1 fully saturated rings. The van der Waals surface area contributed by atoms with E-state index in [0.29, 0.717) is 19.7 Å². The summed E-state index contributed by atoms with van der Waals surface area (Å²) in [5, 5.41) is 6.11. The number of nitrogens with one attached hydrogen (secondary N) is 2. The summed E-state index contributed by atoms with van der Waals surface area (Å²) < 4.78 is 4.92. The highest BCUT2D eigenvalue weighted by atomic mass is 35.5. The maximum atomic E-state index is 11.8. The maximum absolute atomic E-state index is 11.8. The van der Waals surface area contributed by atoms with Crippen LogP contribution in [-0.4, -0.2) is 63.3 Å². The molecule has 2 N–H and O–H groups in total. The summed E-state index contributed by atoms with van der Waals surface area (Å²) in [6.07, 6.45) is 1.32. The van der Waals surface area contributed by atoms with Gasteiger partial charge in [0.05, 0.1) is 13.2 Å². The number of rotatable bonds is 8. The molecule has 1 aliphatic heterocycles. The fourth-order valence-electron chi connectivity index (χ4n) is 3.08. The first kappa shape index (κ1) is 24.2. The van der Waals surface area contributed by atoms with Crippen molar-refractivity contribution in [3.8, 4) is 0 Å². The summed E-state index contributed by atoms with van der Waals surface area (Å²) in [4.78, 5) is 14.2. The minimum atomic E-state index is 0. The number of likely N-dealkylation sites (tertiary alicyclic amines) is 1. The van der Waals surface area contributed by atoms with Gasteiger partial charge in [-0.1, -0.05) is 13.8 Å². The summed E-state index contributed by atoms with van der Waals surface area (Å²) in [5.41, 5.74) is 0. The zero-order valence-corrected chi connectivity index (χ0v) is 15.9. The van der Waals surface area contributed by atoms with Gasteiger partial charge in [0.1, 0.15) is 0 Å². The number of piperidine rings is 1. The lowest BCUT2D eigenvalue weighted by Crippen LogP contribution is -2.48. The van der Waals surface area contributed by atoms with Crippen LogP contribution < -0.4 is 10.6 Å². The van der Waals surface area contributed by atoms with Gasteiger partial charge in [-0.2, -0.15) is 0 Å². The Morgan fingerprint density at radius 3 is 2.41 bits per heavy atom. The number of nitrogens with zero attached hydrogens (tertiary/aromatic N) is 1. The lowest BCUT2D eigenvalue weighted by atomic mass is 9.92. The molecule has 1 saturated heterocycles. The lowest BCUT2D eigenvalue weighted by Gasteiger charge is -2.36. The van der Waals surface area contributed by atoms with Crippen molar-refractivity contribution in [2.45, 2.75) is 33.2 Å². The summed E-state index contributed by atoms with van der Waals surface area (Å²) in [5.74, 6) is 1.58. The number of methoxy groups -OCH3 is 1. The van der Waals surface area contributed by atoms with Crippen LogP contribution in [0.5, 0.6) is 0 Å². The fraction of sp³-hybridized carbons (Fsp3) is 0.933. The summed E-state index contributed by atoms with van der Waals surface area (Å²) in [6.45, 7) is 11.6. The van der Waals surface area contributed by atoms with Gasteiger partial charge in [-0.25, -0.2) is 0 Å². The Morgan fingerprint density at radius 2 is 1.86 bits per heavy atom. The highest BCUT2D eigenvalue weighted by Crippen LogP contribution is 2.20. The van der Waals surface area contributed by atoms with E-state index in [-0.39, 0.29) is 36.8 Å². The molecule has 5 nitrogen and oxygen atoms in total. The monoisotopic (exact) mass is 357 g/mol. The molecule has 1 amide bonds. The molecule has 22 heavy (non-hydrogen) atoms. The number of ether oxygens (including phenoxy) is 1. The van der Waals surface area contributed by atoms with E-state index in [1.54, 1.807) is 7.11 Å². The molecule has 7 heteroatoms. The number of halogens is 2. The molecule has 1 heterocycles.